The van der Waals surface area contributed by atoms with Gasteiger partial charge < -0.3 is 21.0 Å². The van der Waals surface area contributed by atoms with Crippen molar-refractivity contribution in [3.05, 3.63) is 47.5 Å². The van der Waals surface area contributed by atoms with Crippen LogP contribution in [0, 0.1) is 0 Å². The Hall–Kier alpha value is -1.16. The van der Waals surface area contributed by atoms with Crippen molar-refractivity contribution in [2.45, 2.75) is 19.6 Å². The number of nitrogens with two attached hydrogens (primary N) is 1. The van der Waals surface area contributed by atoms with Gasteiger partial charge in [0, 0.05) is 53.3 Å². The zero-order valence-corrected chi connectivity index (χ0v) is 24.9. The molecule has 9 nitrogen and oxygen atoms in total. The normalized spacial score (nSPS) is 9.38. The summed E-state index contributed by atoms with van der Waals surface area (Å²) in [5.41, 5.74) is 9.22. The van der Waals surface area contributed by atoms with Crippen LogP contribution >= 0.6 is 48.8 Å². The van der Waals surface area contributed by atoms with Gasteiger partial charge in [-0.05, 0) is 59.9 Å². The van der Waals surface area contributed by atoms with Crippen LogP contribution in [0.15, 0.2) is 56.0 Å². The maximum Gasteiger partial charge on any atom is 1.00 e. The second-order valence-corrected chi connectivity index (χ2v) is 9.83. The number of benzene rings is 2. The molecule has 0 heterocycles. The molecule has 0 spiro atoms. The van der Waals surface area contributed by atoms with Crippen molar-refractivity contribution < 1.29 is 59.9 Å². The number of thioether (sulfide) groups is 2. The molecule has 7 N–H and O–H groups in total. The van der Waals surface area contributed by atoms with Crippen LogP contribution in [0.25, 0.3) is 0 Å². The molecule has 0 aliphatic carbocycles. The number of thiol groups is 2. The molecule has 0 aliphatic rings. The Labute approximate surface area is 240 Å². The molecule has 2 aromatic carbocycles. The van der Waals surface area contributed by atoms with Crippen LogP contribution in [0.2, 0.25) is 0 Å². The first-order chi connectivity index (χ1) is 14.8. The molecule has 180 valence electrons. The maximum atomic E-state index is 11.7. The number of nitrogens with zero attached hydrogens (tertiary/aromatic N) is 2. The zero-order chi connectivity index (χ0) is 24.6. The molecule has 0 atom stereocenters. The van der Waals surface area contributed by atoms with Crippen molar-refractivity contribution in [3.8, 4) is 0 Å². The predicted octanol–water partition coefficient (Wildman–Crippen LogP) is -0.842. The van der Waals surface area contributed by atoms with E-state index in [9.17, 15) is 19.2 Å². The molecule has 0 bridgehead atoms. The number of primary amides is 1. The van der Waals surface area contributed by atoms with Gasteiger partial charge in [-0.2, -0.15) is 0 Å². The van der Waals surface area contributed by atoms with Crippen LogP contribution in [0.3, 0.4) is 0 Å². The van der Waals surface area contributed by atoms with Gasteiger partial charge in [-0.3, -0.25) is 20.1 Å². The summed E-state index contributed by atoms with van der Waals surface area (Å²) in [5, 5.41) is -0.308. The van der Waals surface area contributed by atoms with Gasteiger partial charge in [-0.25, -0.2) is 4.79 Å². The third kappa shape index (κ3) is 12.5. The minimum Gasteiger partial charge on any atom is -0.412 e. The summed E-state index contributed by atoms with van der Waals surface area (Å²) in [7, 11) is 6.60. The summed E-state index contributed by atoms with van der Waals surface area (Å²) in [6, 6.07) is 9.86. The van der Waals surface area contributed by atoms with Crippen LogP contribution in [-0.2, 0) is 0 Å². The first kappa shape index (κ1) is 35.0. The van der Waals surface area contributed by atoms with Crippen LogP contribution in [0.5, 0.6) is 0 Å². The molecular weight excluding hydrogens is 528 g/mol. The van der Waals surface area contributed by atoms with Gasteiger partial charge >= 0.3 is 35.5 Å². The summed E-state index contributed by atoms with van der Waals surface area (Å²) < 4.78 is 0. The number of hydrogen-bond acceptors (Lipinski definition) is 8. The summed E-state index contributed by atoms with van der Waals surface area (Å²) in [6.45, 7) is 0. The van der Waals surface area contributed by atoms with Crippen molar-refractivity contribution in [1.29, 1.82) is 0 Å². The molecule has 2 rings (SSSR count). The fourth-order valence-corrected chi connectivity index (χ4v) is 4.22. The zero-order valence-electron chi connectivity index (χ0n) is 19.5. The van der Waals surface area contributed by atoms with Crippen LogP contribution in [0.1, 0.15) is 20.7 Å². The van der Waals surface area contributed by atoms with E-state index < -0.39 is 5.91 Å². The minimum atomic E-state index is -0.462. The van der Waals surface area contributed by atoms with Crippen molar-refractivity contribution in [3.63, 3.8) is 0 Å². The Morgan fingerprint density at radius 2 is 1.15 bits per heavy atom. The molecule has 34 heavy (non-hydrogen) atoms. The average Bonchev–Trinajstić information content (AvgIpc) is 2.67. The third-order valence-corrected chi connectivity index (χ3v) is 6.07. The maximum absolute atomic E-state index is 11.7. The molecule has 14 heteroatoms. The molecule has 0 saturated heterocycles. The first-order valence-electron chi connectivity index (χ1n) is 8.92. The number of quaternary nitrogens is 1. The fraction of sp³-hybridized carbons (Fsp3) is 0.200. The van der Waals surface area contributed by atoms with E-state index in [2.05, 4.69) is 31.0 Å². The van der Waals surface area contributed by atoms with E-state index in [0.717, 1.165) is 23.5 Å². The topological polar surface area (TPSA) is 160 Å². The van der Waals surface area contributed by atoms with E-state index in [4.69, 9.17) is 5.73 Å². The molecular formula is C20H27N4NaO5S4+2. The van der Waals surface area contributed by atoms with E-state index >= 15 is 0 Å². The fourth-order valence-electron chi connectivity index (χ4n) is 1.97. The van der Waals surface area contributed by atoms with Gasteiger partial charge in [0.25, 0.3) is 10.5 Å². The molecule has 2 aromatic rings. The second kappa shape index (κ2) is 16.5. The van der Waals surface area contributed by atoms with E-state index in [0.29, 0.717) is 30.7 Å². The monoisotopic (exact) mass is 554 g/mol. The standard InChI is InChI=1S/C13H17N3O3S2.C7H7NOS2.Na.H2O/c1-15(2)12(18)20-9-5-8(11(14)17)6-10(7-9)21-13(19)16(3)4;8-7(9)4-1-5(10)3-6(11)2-4;;/h5-7H,1-4H3,(H2,14,17);1-3,10-11H,(H2,8,9);;1H2/q;;+1;/p+1. The Balaban J connectivity index is 0. The van der Waals surface area contributed by atoms with Crippen molar-refractivity contribution >= 4 is 71.1 Å². The summed E-state index contributed by atoms with van der Waals surface area (Å²) >= 11 is 10.1. The summed E-state index contributed by atoms with van der Waals surface area (Å²) in [4.78, 5) is 51.1. The van der Waals surface area contributed by atoms with Crippen molar-refractivity contribution in [2.75, 3.05) is 28.2 Å². The number of carbonyl (C=O) groups is 4. The molecule has 4 amide bonds. The third-order valence-electron chi connectivity index (χ3n) is 3.53. The second-order valence-electron chi connectivity index (χ2n) is 6.74. The molecule has 0 aromatic heterocycles. The molecule has 0 aliphatic heterocycles. The predicted molar refractivity (Wildman–Crippen MR) is 137 cm³/mol. The quantitative estimate of drug-likeness (QED) is 0.219. The SMILES string of the molecule is CN(C)C(=O)Sc1cc(SC(=O)N(C)C)cc(C([NH3+])=O)c1.NC(=O)c1cc(S)cc(S)c1.O.[Na+]. The molecule has 0 radical (unpaired) electrons. The number of carbonyl (C=O) groups excluding carboxylic acids is 4. The van der Waals surface area contributed by atoms with Gasteiger partial charge in [0.2, 0.25) is 5.91 Å². The van der Waals surface area contributed by atoms with Crippen LogP contribution < -0.4 is 41.0 Å². The van der Waals surface area contributed by atoms with Crippen molar-refractivity contribution in [2.24, 2.45) is 5.73 Å². The summed E-state index contributed by atoms with van der Waals surface area (Å²) in [6.07, 6.45) is 0. The van der Waals surface area contributed by atoms with Crippen molar-refractivity contribution in [1.82, 2.24) is 9.80 Å². The molecule has 0 fully saturated rings. The molecule has 0 unspecified atom stereocenters. The van der Waals surface area contributed by atoms with Crippen LogP contribution in [-0.4, -0.2) is 65.8 Å². The first-order valence-corrected chi connectivity index (χ1v) is 11.5. The average molecular weight is 555 g/mol. The Bertz CT molecular complexity index is 978. The van der Waals surface area contributed by atoms with Gasteiger partial charge in [0.05, 0.1) is 5.56 Å². The van der Waals surface area contributed by atoms with E-state index in [1.807, 2.05) is 0 Å². The number of rotatable bonds is 4. The Morgan fingerprint density at radius 1 is 0.765 bits per heavy atom. The molecule has 0 saturated carbocycles. The van der Waals surface area contributed by atoms with Gasteiger partial charge in [-0.1, -0.05) is 0 Å². The number of hydrogen-bond donors (Lipinski definition) is 4. The Morgan fingerprint density at radius 3 is 1.44 bits per heavy atom. The van der Waals surface area contributed by atoms with Gasteiger partial charge in [0.15, 0.2) is 0 Å². The van der Waals surface area contributed by atoms with Gasteiger partial charge in [-0.15, -0.1) is 25.3 Å². The van der Waals surface area contributed by atoms with Gasteiger partial charge in [0.1, 0.15) is 0 Å². The minimum absolute atomic E-state index is 0. The van der Waals surface area contributed by atoms with E-state index in [1.165, 1.54) is 9.80 Å². The van der Waals surface area contributed by atoms with E-state index in [1.54, 1.807) is 64.6 Å². The van der Waals surface area contributed by atoms with Crippen LogP contribution in [0.4, 0.5) is 9.59 Å². The number of amides is 4. The van der Waals surface area contributed by atoms with E-state index in [-0.39, 0.29) is 51.4 Å². The smallest absolute Gasteiger partial charge is 0.412 e. The Kier molecular flexibility index (Phi) is 17.0. The largest absolute Gasteiger partial charge is 1.00 e. The summed E-state index contributed by atoms with van der Waals surface area (Å²) in [5.74, 6) is -0.815.